The molecule has 25 heavy (non-hydrogen) atoms. The molecule has 140 valence electrons. The number of hydrogen-bond donors (Lipinski definition) is 1. The zero-order valence-electron chi connectivity index (χ0n) is 14.9. The molecule has 0 unspecified atom stereocenters. The molecule has 1 saturated heterocycles. The average Bonchev–Trinajstić information content (AvgIpc) is 2.82. The van der Waals surface area contributed by atoms with E-state index in [1.807, 2.05) is 15.6 Å². The molecule has 1 amide bonds. The van der Waals surface area contributed by atoms with E-state index in [1.54, 1.807) is 6.92 Å². The zero-order valence-corrected chi connectivity index (χ0v) is 15.8. The van der Waals surface area contributed by atoms with Crippen LogP contribution >= 0.6 is 0 Å². The second-order valence-electron chi connectivity index (χ2n) is 6.96. The topological polar surface area (TPSA) is 87.5 Å². The molecular weight excluding hydrogens is 342 g/mol. The van der Waals surface area contributed by atoms with Crippen LogP contribution in [-0.4, -0.2) is 65.2 Å². The number of carbonyl (C=O) groups excluding carboxylic acids is 1. The minimum Gasteiger partial charge on any atom is -0.343 e. The third-order valence-electron chi connectivity index (χ3n) is 5.01. The van der Waals surface area contributed by atoms with Gasteiger partial charge in [-0.25, -0.2) is 8.42 Å². The van der Waals surface area contributed by atoms with E-state index in [-0.39, 0.29) is 5.91 Å². The third kappa shape index (κ3) is 4.59. The van der Waals surface area contributed by atoms with Crippen LogP contribution in [0.2, 0.25) is 0 Å². The van der Waals surface area contributed by atoms with Gasteiger partial charge in [-0.15, -0.1) is 0 Å². The lowest BCUT2D eigenvalue weighted by Crippen LogP contribution is -2.44. The first-order valence-electron chi connectivity index (χ1n) is 8.82. The Bertz CT molecular complexity index is 722. The van der Waals surface area contributed by atoms with Gasteiger partial charge < -0.3 is 10.2 Å². The largest absolute Gasteiger partial charge is 0.343 e. The summed E-state index contributed by atoms with van der Waals surface area (Å²) < 4.78 is 27.1. The number of sulfonamides is 1. The molecule has 1 aromatic heterocycles. The van der Waals surface area contributed by atoms with Gasteiger partial charge in [-0.1, -0.05) is 0 Å². The molecule has 3 heterocycles. The van der Waals surface area contributed by atoms with Crippen molar-refractivity contribution in [1.29, 1.82) is 0 Å². The highest BCUT2D eigenvalue weighted by Crippen LogP contribution is 2.17. The van der Waals surface area contributed by atoms with E-state index in [2.05, 4.69) is 10.4 Å². The van der Waals surface area contributed by atoms with Gasteiger partial charge in [-0.2, -0.15) is 9.40 Å². The van der Waals surface area contributed by atoms with Crippen molar-refractivity contribution >= 4 is 15.9 Å². The Labute approximate surface area is 149 Å². The summed E-state index contributed by atoms with van der Waals surface area (Å²) >= 11 is 0. The second-order valence-corrected chi connectivity index (χ2v) is 8.94. The first-order chi connectivity index (χ1) is 11.8. The number of nitrogens with zero attached hydrogens (tertiary/aromatic N) is 4. The van der Waals surface area contributed by atoms with E-state index in [0.717, 1.165) is 50.3 Å². The zero-order chi connectivity index (χ0) is 18.0. The summed E-state index contributed by atoms with van der Waals surface area (Å²) in [6.45, 7) is 5.58. The van der Waals surface area contributed by atoms with E-state index >= 15 is 0 Å². The number of aryl methyl sites for hydroxylation is 1. The third-order valence-corrected chi connectivity index (χ3v) is 6.26. The highest BCUT2D eigenvalue weighted by molar-refractivity contribution is 7.88. The summed E-state index contributed by atoms with van der Waals surface area (Å²) in [5.41, 5.74) is 1.89. The molecule has 0 aromatic carbocycles. The van der Waals surface area contributed by atoms with Crippen LogP contribution in [0.5, 0.6) is 0 Å². The Hall–Kier alpha value is -1.45. The van der Waals surface area contributed by atoms with Crippen LogP contribution in [0.3, 0.4) is 0 Å². The molecule has 2 aliphatic rings. The maximum absolute atomic E-state index is 11.8. The van der Waals surface area contributed by atoms with E-state index in [4.69, 9.17) is 0 Å². The summed E-state index contributed by atoms with van der Waals surface area (Å²) in [5, 5.41) is 8.14. The summed E-state index contributed by atoms with van der Waals surface area (Å²) in [5.74, 6) is 0.145. The van der Waals surface area contributed by atoms with E-state index in [0.29, 0.717) is 25.7 Å². The molecule has 0 spiro atoms. The molecule has 1 N–H and O–H groups in total. The van der Waals surface area contributed by atoms with Crippen molar-refractivity contribution in [2.45, 2.75) is 51.9 Å². The molecule has 1 fully saturated rings. The monoisotopic (exact) mass is 369 g/mol. The van der Waals surface area contributed by atoms with Crippen LogP contribution in [0.4, 0.5) is 0 Å². The number of rotatable bonds is 4. The van der Waals surface area contributed by atoms with Gasteiger partial charge in [0.2, 0.25) is 15.9 Å². The van der Waals surface area contributed by atoms with Gasteiger partial charge in [-0.05, 0) is 25.3 Å². The number of carbonyl (C=O) groups is 1. The van der Waals surface area contributed by atoms with Crippen molar-refractivity contribution in [3.05, 3.63) is 17.5 Å². The van der Waals surface area contributed by atoms with E-state index in [1.165, 1.54) is 10.6 Å². The van der Waals surface area contributed by atoms with Gasteiger partial charge in [0.1, 0.15) is 0 Å². The molecule has 0 radical (unpaired) electrons. The van der Waals surface area contributed by atoms with Crippen molar-refractivity contribution < 1.29 is 13.2 Å². The van der Waals surface area contributed by atoms with Crippen molar-refractivity contribution in [2.75, 3.05) is 25.9 Å². The number of piperidine rings is 1. The number of amides is 1. The van der Waals surface area contributed by atoms with Gasteiger partial charge in [0.25, 0.3) is 0 Å². The summed E-state index contributed by atoms with van der Waals surface area (Å²) in [4.78, 5) is 13.3. The van der Waals surface area contributed by atoms with Gasteiger partial charge >= 0.3 is 0 Å². The van der Waals surface area contributed by atoms with E-state index < -0.39 is 10.0 Å². The SMILES string of the molecule is CC(=O)N1CCC(NCc2cc3n(n2)CCCN(S(C)(=O)=O)C3)CC1. The van der Waals surface area contributed by atoms with Crippen LogP contribution in [0.25, 0.3) is 0 Å². The van der Waals surface area contributed by atoms with Crippen molar-refractivity contribution in [2.24, 2.45) is 0 Å². The maximum atomic E-state index is 11.8. The number of nitrogens with one attached hydrogen (secondary N) is 1. The number of likely N-dealkylation sites (tertiary alicyclic amines) is 1. The minimum absolute atomic E-state index is 0.145. The molecule has 9 heteroatoms. The summed E-state index contributed by atoms with van der Waals surface area (Å²) in [6, 6.07) is 2.39. The van der Waals surface area contributed by atoms with Crippen LogP contribution in [0.15, 0.2) is 6.07 Å². The van der Waals surface area contributed by atoms with Crippen LogP contribution in [0, 0.1) is 0 Å². The predicted octanol–water partition coefficient (Wildman–Crippen LogP) is 0.149. The van der Waals surface area contributed by atoms with Gasteiger partial charge in [-0.3, -0.25) is 9.48 Å². The lowest BCUT2D eigenvalue weighted by molar-refractivity contribution is -0.129. The quantitative estimate of drug-likeness (QED) is 0.816. The Morgan fingerprint density at radius 1 is 1.28 bits per heavy atom. The standard InChI is InChI=1S/C16H27N5O3S/c1-13(22)19-8-4-14(5-9-19)17-11-15-10-16-12-20(25(2,23)24)6-3-7-21(16)18-15/h10,14,17H,3-9,11-12H2,1-2H3. The van der Waals surface area contributed by atoms with Crippen LogP contribution in [-0.2, 0) is 34.5 Å². The molecule has 2 aliphatic heterocycles. The molecule has 8 nitrogen and oxygen atoms in total. The van der Waals surface area contributed by atoms with E-state index in [9.17, 15) is 13.2 Å². The fraction of sp³-hybridized carbons (Fsp3) is 0.750. The predicted molar refractivity (Wildman–Crippen MR) is 94.2 cm³/mol. The Morgan fingerprint density at radius 3 is 2.64 bits per heavy atom. The van der Waals surface area contributed by atoms with Gasteiger partial charge in [0.05, 0.1) is 24.2 Å². The average molecular weight is 369 g/mol. The summed E-state index contributed by atoms with van der Waals surface area (Å²) in [7, 11) is -3.18. The number of fused-ring (bicyclic) bond motifs is 1. The Kier molecular flexibility index (Phi) is 5.45. The smallest absolute Gasteiger partial charge is 0.219 e. The lowest BCUT2D eigenvalue weighted by atomic mass is 10.0. The normalized spacial score (nSPS) is 20.3. The van der Waals surface area contributed by atoms with Gasteiger partial charge in [0.15, 0.2) is 0 Å². The first kappa shape index (κ1) is 18.3. The molecule has 0 atom stereocenters. The van der Waals surface area contributed by atoms with Crippen molar-refractivity contribution in [1.82, 2.24) is 24.3 Å². The van der Waals surface area contributed by atoms with Crippen molar-refractivity contribution in [3.8, 4) is 0 Å². The molecule has 1 aromatic rings. The maximum Gasteiger partial charge on any atom is 0.219 e. The fourth-order valence-electron chi connectivity index (χ4n) is 3.51. The molecule has 0 saturated carbocycles. The lowest BCUT2D eigenvalue weighted by Gasteiger charge is -2.31. The minimum atomic E-state index is -3.18. The molecule has 0 aliphatic carbocycles. The molecule has 3 rings (SSSR count). The Balaban J connectivity index is 1.56. The summed E-state index contributed by atoms with van der Waals surface area (Å²) in [6.07, 6.45) is 3.94. The van der Waals surface area contributed by atoms with Crippen LogP contribution < -0.4 is 5.32 Å². The molecule has 0 bridgehead atoms. The highest BCUT2D eigenvalue weighted by atomic mass is 32.2. The fourth-order valence-corrected chi connectivity index (χ4v) is 4.34. The van der Waals surface area contributed by atoms with Crippen molar-refractivity contribution in [3.63, 3.8) is 0 Å². The number of hydrogen-bond acceptors (Lipinski definition) is 5. The Morgan fingerprint density at radius 2 is 2.00 bits per heavy atom. The molecular formula is C16H27N5O3S. The number of aromatic nitrogens is 2. The first-order valence-corrected chi connectivity index (χ1v) is 10.7. The van der Waals surface area contributed by atoms with Crippen LogP contribution in [0.1, 0.15) is 37.6 Å². The van der Waals surface area contributed by atoms with Gasteiger partial charge in [0, 0.05) is 45.7 Å². The second kappa shape index (κ2) is 7.43. The highest BCUT2D eigenvalue weighted by Gasteiger charge is 2.24.